The van der Waals surface area contributed by atoms with Gasteiger partial charge in [0.05, 0.1) is 35.2 Å². The molecule has 4 aromatic rings. The van der Waals surface area contributed by atoms with Crippen LogP contribution in [0.25, 0.3) is 6.08 Å². The van der Waals surface area contributed by atoms with E-state index >= 15 is 0 Å². The largest absolute Gasteiger partial charge is 0.497 e. The van der Waals surface area contributed by atoms with Crippen molar-refractivity contribution in [2.24, 2.45) is 4.99 Å². The van der Waals surface area contributed by atoms with Gasteiger partial charge < -0.3 is 10.1 Å². The second-order valence-electron chi connectivity index (χ2n) is 8.30. The molecule has 2 aromatic heterocycles. The van der Waals surface area contributed by atoms with Crippen molar-refractivity contribution in [1.82, 2.24) is 14.3 Å². The maximum absolute atomic E-state index is 13.7. The standard InChI is InChI=1S/C27H25N5O3S/c1-4-31-16-18(15-28-31)14-22-26(34)32-24(19-10-12-21(35-3)13-11-19)23(17(2)29-27(32)36-22)25(33)30-20-8-6-5-7-9-20/h5-16,24H,4H2,1-3H3,(H,30,33)/b22-14+/t24-/m0/s1. The Hall–Kier alpha value is -4.24. The van der Waals surface area contributed by atoms with Crippen LogP contribution in [0.15, 0.2) is 88.0 Å². The van der Waals surface area contributed by atoms with Crippen molar-refractivity contribution in [3.05, 3.63) is 109 Å². The number of nitrogens with one attached hydrogen (secondary N) is 1. The van der Waals surface area contributed by atoms with Crippen LogP contribution in [0.2, 0.25) is 0 Å². The van der Waals surface area contributed by atoms with Gasteiger partial charge in [0.2, 0.25) is 0 Å². The summed E-state index contributed by atoms with van der Waals surface area (Å²) in [4.78, 5) is 32.5. The number of ether oxygens (including phenoxy) is 1. The van der Waals surface area contributed by atoms with Gasteiger partial charge in [-0.1, -0.05) is 41.7 Å². The molecule has 1 atom stereocenters. The Morgan fingerprint density at radius 2 is 1.92 bits per heavy atom. The van der Waals surface area contributed by atoms with Gasteiger partial charge in [-0.3, -0.25) is 18.8 Å². The van der Waals surface area contributed by atoms with Crippen LogP contribution >= 0.6 is 11.3 Å². The molecule has 182 valence electrons. The highest BCUT2D eigenvalue weighted by molar-refractivity contribution is 7.07. The number of carbonyl (C=O) groups excluding carboxylic acids is 1. The average molecular weight is 500 g/mol. The van der Waals surface area contributed by atoms with Gasteiger partial charge >= 0.3 is 0 Å². The molecule has 1 amide bonds. The maximum Gasteiger partial charge on any atom is 0.271 e. The molecule has 1 aliphatic heterocycles. The van der Waals surface area contributed by atoms with E-state index in [1.54, 1.807) is 29.5 Å². The van der Waals surface area contributed by atoms with Gasteiger partial charge in [0.1, 0.15) is 5.75 Å². The number of anilines is 1. The van der Waals surface area contributed by atoms with Gasteiger partial charge in [-0.2, -0.15) is 5.10 Å². The summed E-state index contributed by atoms with van der Waals surface area (Å²) in [7, 11) is 1.60. The van der Waals surface area contributed by atoms with Crippen molar-refractivity contribution in [3.63, 3.8) is 0 Å². The SMILES string of the molecule is CCn1cc(/C=c2/sc3n(c2=O)[C@@H](c2ccc(OC)cc2)C(C(=O)Nc2ccccc2)=C(C)N=3)cn1. The number of carbonyl (C=O) groups is 1. The fourth-order valence-electron chi connectivity index (χ4n) is 4.21. The van der Waals surface area contributed by atoms with Crippen molar-refractivity contribution in [2.75, 3.05) is 12.4 Å². The number of aromatic nitrogens is 3. The number of thiazole rings is 1. The van der Waals surface area contributed by atoms with E-state index in [9.17, 15) is 9.59 Å². The molecular weight excluding hydrogens is 474 g/mol. The van der Waals surface area contributed by atoms with Gasteiger partial charge in [-0.25, -0.2) is 4.99 Å². The number of rotatable bonds is 6. The Morgan fingerprint density at radius 3 is 2.58 bits per heavy atom. The second-order valence-corrected chi connectivity index (χ2v) is 9.31. The Kier molecular flexibility index (Phi) is 6.39. The van der Waals surface area contributed by atoms with Gasteiger partial charge in [0.15, 0.2) is 4.80 Å². The first-order chi connectivity index (χ1) is 17.5. The first-order valence-electron chi connectivity index (χ1n) is 11.5. The van der Waals surface area contributed by atoms with Crippen LogP contribution < -0.4 is 24.9 Å². The molecule has 1 N–H and O–H groups in total. The normalized spacial score (nSPS) is 15.4. The molecule has 0 radical (unpaired) electrons. The smallest absolute Gasteiger partial charge is 0.271 e. The van der Waals surface area contributed by atoms with Crippen LogP contribution in [0, 0.1) is 0 Å². The molecule has 36 heavy (non-hydrogen) atoms. The van der Waals surface area contributed by atoms with Crippen LogP contribution in [-0.2, 0) is 11.3 Å². The molecule has 0 aliphatic carbocycles. The zero-order valence-electron chi connectivity index (χ0n) is 20.1. The first-order valence-corrected chi connectivity index (χ1v) is 12.4. The fourth-order valence-corrected chi connectivity index (χ4v) is 5.26. The van der Waals surface area contributed by atoms with Gasteiger partial charge in [0, 0.05) is 24.0 Å². The number of methoxy groups -OCH3 is 1. The lowest BCUT2D eigenvalue weighted by molar-refractivity contribution is -0.113. The molecule has 3 heterocycles. The molecular formula is C27H25N5O3S. The highest BCUT2D eigenvalue weighted by atomic mass is 32.1. The van der Waals surface area contributed by atoms with E-state index in [1.165, 1.54) is 11.3 Å². The van der Waals surface area contributed by atoms with Gasteiger partial charge in [0.25, 0.3) is 11.5 Å². The predicted molar refractivity (Wildman–Crippen MR) is 140 cm³/mol. The Labute approximate surface area is 211 Å². The Morgan fingerprint density at radius 1 is 1.17 bits per heavy atom. The third-order valence-corrected chi connectivity index (χ3v) is 6.99. The van der Waals surface area contributed by atoms with Crippen molar-refractivity contribution in [1.29, 1.82) is 0 Å². The monoisotopic (exact) mass is 499 g/mol. The second kappa shape index (κ2) is 9.79. The summed E-state index contributed by atoms with van der Waals surface area (Å²) in [5.41, 5.74) is 3.07. The number of amides is 1. The minimum atomic E-state index is -0.642. The fraction of sp³-hybridized carbons (Fsp3) is 0.185. The van der Waals surface area contributed by atoms with Crippen molar-refractivity contribution in [3.8, 4) is 5.75 Å². The molecule has 1 aliphatic rings. The third-order valence-electron chi connectivity index (χ3n) is 6.00. The molecule has 0 saturated heterocycles. The Balaban J connectivity index is 1.66. The van der Waals surface area contributed by atoms with Crippen LogP contribution in [0.5, 0.6) is 5.75 Å². The zero-order valence-corrected chi connectivity index (χ0v) is 21.0. The molecule has 9 heteroatoms. The highest BCUT2D eigenvalue weighted by Gasteiger charge is 2.32. The summed E-state index contributed by atoms with van der Waals surface area (Å²) < 4.78 is 9.26. The lowest BCUT2D eigenvalue weighted by Crippen LogP contribution is -2.40. The van der Waals surface area contributed by atoms with E-state index in [0.717, 1.165) is 17.7 Å². The predicted octanol–water partition coefficient (Wildman–Crippen LogP) is 3.10. The summed E-state index contributed by atoms with van der Waals surface area (Å²) in [5, 5.41) is 7.25. The molecule has 0 fully saturated rings. The molecule has 5 rings (SSSR count). The number of fused-ring (bicyclic) bond motifs is 1. The summed E-state index contributed by atoms with van der Waals surface area (Å²) >= 11 is 1.30. The zero-order chi connectivity index (χ0) is 25.2. The van der Waals surface area contributed by atoms with Crippen LogP contribution in [0.3, 0.4) is 0 Å². The van der Waals surface area contributed by atoms with Crippen LogP contribution in [0.4, 0.5) is 5.69 Å². The van der Waals surface area contributed by atoms with E-state index in [0.29, 0.717) is 32.0 Å². The van der Waals surface area contributed by atoms with Crippen LogP contribution in [0.1, 0.15) is 31.0 Å². The highest BCUT2D eigenvalue weighted by Crippen LogP contribution is 2.31. The topological polar surface area (TPSA) is 90.5 Å². The lowest BCUT2D eigenvalue weighted by atomic mass is 9.95. The summed E-state index contributed by atoms with van der Waals surface area (Å²) in [6.45, 7) is 4.55. The van der Waals surface area contributed by atoms with Gasteiger partial charge in [-0.05, 0) is 49.8 Å². The number of benzene rings is 2. The van der Waals surface area contributed by atoms with Crippen molar-refractivity contribution in [2.45, 2.75) is 26.4 Å². The molecule has 0 unspecified atom stereocenters. The average Bonchev–Trinajstić information content (AvgIpc) is 3.47. The van der Waals surface area contributed by atoms with E-state index in [4.69, 9.17) is 4.74 Å². The van der Waals surface area contributed by atoms with Gasteiger partial charge in [-0.15, -0.1) is 0 Å². The molecule has 0 spiro atoms. The number of allylic oxidation sites excluding steroid dienone is 1. The van der Waals surface area contributed by atoms with E-state index in [1.807, 2.05) is 73.8 Å². The molecule has 2 aromatic carbocycles. The number of hydrogen-bond acceptors (Lipinski definition) is 6. The van der Waals surface area contributed by atoms with Crippen molar-refractivity contribution < 1.29 is 9.53 Å². The Bertz CT molecular complexity index is 1630. The van der Waals surface area contributed by atoms with E-state index in [-0.39, 0.29) is 11.5 Å². The quantitative estimate of drug-likeness (QED) is 0.442. The number of aryl methyl sites for hydroxylation is 1. The first kappa shape index (κ1) is 23.5. The number of para-hydroxylation sites is 1. The van der Waals surface area contributed by atoms with E-state index < -0.39 is 6.04 Å². The summed E-state index contributed by atoms with van der Waals surface area (Å²) in [6, 6.07) is 16.0. The maximum atomic E-state index is 13.7. The minimum Gasteiger partial charge on any atom is -0.497 e. The molecule has 0 bridgehead atoms. The minimum absolute atomic E-state index is 0.207. The van der Waals surface area contributed by atoms with E-state index in [2.05, 4.69) is 15.4 Å². The summed E-state index contributed by atoms with van der Waals surface area (Å²) in [5.74, 6) is 0.386. The van der Waals surface area contributed by atoms with Crippen LogP contribution in [-0.4, -0.2) is 27.4 Å². The molecule has 8 nitrogen and oxygen atoms in total. The lowest BCUT2D eigenvalue weighted by Gasteiger charge is -2.25. The third kappa shape index (κ3) is 4.40. The molecule has 0 saturated carbocycles. The number of hydrogen-bond donors (Lipinski definition) is 1. The van der Waals surface area contributed by atoms with Crippen molar-refractivity contribution >= 4 is 29.0 Å². The summed E-state index contributed by atoms with van der Waals surface area (Å²) in [6.07, 6.45) is 5.44. The number of nitrogens with zero attached hydrogens (tertiary/aromatic N) is 4.